The Bertz CT molecular complexity index is 357. The molecule has 0 aromatic carbocycles. The number of halogens is 2. The molecule has 1 atom stereocenters. The van der Waals surface area contributed by atoms with Crippen molar-refractivity contribution in [1.82, 2.24) is 10.3 Å². The molecule has 0 saturated carbocycles. The third-order valence-electron chi connectivity index (χ3n) is 2.29. The summed E-state index contributed by atoms with van der Waals surface area (Å²) in [6.07, 6.45) is 0. The van der Waals surface area contributed by atoms with E-state index in [1.54, 1.807) is 0 Å². The quantitative estimate of drug-likeness (QED) is 0.780. The lowest BCUT2D eigenvalue weighted by atomic mass is 10.1. The normalized spacial score (nSPS) is 12.9. The second-order valence-corrected chi connectivity index (χ2v) is 4.64. The molecule has 0 aliphatic heterocycles. The molecular formula is C10H14Cl2N2O2. The maximum atomic E-state index is 11.7. The second kappa shape index (κ2) is 5.57. The summed E-state index contributed by atoms with van der Waals surface area (Å²) >= 11 is 11.4. The van der Waals surface area contributed by atoms with E-state index >= 15 is 0 Å². The summed E-state index contributed by atoms with van der Waals surface area (Å²) in [5.41, 5.74) is 0.286. The molecule has 1 aromatic rings. The Morgan fingerprint density at radius 1 is 1.56 bits per heavy atom. The predicted octanol–water partition coefficient (Wildman–Crippen LogP) is 2.07. The SMILES string of the molecule is CC(C)[C@@H](CO)NC(=O)c1cc(Cl)c(Cl)[nH]1. The van der Waals surface area contributed by atoms with Crippen LogP contribution in [0.1, 0.15) is 24.3 Å². The first-order valence-electron chi connectivity index (χ1n) is 4.91. The van der Waals surface area contributed by atoms with Gasteiger partial charge in [0.2, 0.25) is 0 Å². The maximum absolute atomic E-state index is 11.7. The summed E-state index contributed by atoms with van der Waals surface area (Å²) in [4.78, 5) is 14.4. The van der Waals surface area contributed by atoms with E-state index in [1.807, 2.05) is 13.8 Å². The van der Waals surface area contributed by atoms with Crippen molar-refractivity contribution in [3.63, 3.8) is 0 Å². The van der Waals surface area contributed by atoms with E-state index in [0.29, 0.717) is 5.02 Å². The number of hydrogen-bond donors (Lipinski definition) is 3. The van der Waals surface area contributed by atoms with Crippen LogP contribution in [-0.2, 0) is 0 Å². The predicted molar refractivity (Wildman–Crippen MR) is 64.0 cm³/mol. The van der Waals surface area contributed by atoms with Gasteiger partial charge in [0.15, 0.2) is 0 Å². The van der Waals surface area contributed by atoms with Crippen molar-refractivity contribution in [1.29, 1.82) is 0 Å². The van der Waals surface area contributed by atoms with Crippen molar-refractivity contribution in [2.24, 2.45) is 5.92 Å². The average Bonchev–Trinajstić information content (AvgIpc) is 2.55. The van der Waals surface area contributed by atoms with Gasteiger partial charge in [-0.15, -0.1) is 0 Å². The molecule has 0 unspecified atom stereocenters. The van der Waals surface area contributed by atoms with E-state index in [2.05, 4.69) is 10.3 Å². The van der Waals surface area contributed by atoms with Crippen LogP contribution in [0.4, 0.5) is 0 Å². The summed E-state index contributed by atoms with van der Waals surface area (Å²) in [6.45, 7) is 3.72. The number of hydrogen-bond acceptors (Lipinski definition) is 2. The highest BCUT2D eigenvalue weighted by atomic mass is 35.5. The fraction of sp³-hybridized carbons (Fsp3) is 0.500. The zero-order valence-electron chi connectivity index (χ0n) is 9.05. The van der Waals surface area contributed by atoms with E-state index in [0.717, 1.165) is 0 Å². The molecule has 0 bridgehead atoms. The molecule has 1 aromatic heterocycles. The van der Waals surface area contributed by atoms with Crippen LogP contribution >= 0.6 is 23.2 Å². The number of amides is 1. The molecule has 0 spiro atoms. The number of rotatable bonds is 4. The lowest BCUT2D eigenvalue weighted by Crippen LogP contribution is -2.41. The van der Waals surface area contributed by atoms with Crippen LogP contribution in [0.5, 0.6) is 0 Å². The van der Waals surface area contributed by atoms with Gasteiger partial charge in [0.05, 0.1) is 17.7 Å². The first-order valence-corrected chi connectivity index (χ1v) is 5.67. The van der Waals surface area contributed by atoms with Crippen molar-refractivity contribution in [2.45, 2.75) is 19.9 Å². The summed E-state index contributed by atoms with van der Waals surface area (Å²) < 4.78 is 0. The Labute approximate surface area is 104 Å². The summed E-state index contributed by atoms with van der Waals surface area (Å²) in [7, 11) is 0. The summed E-state index contributed by atoms with van der Waals surface area (Å²) in [5, 5.41) is 12.3. The number of nitrogens with one attached hydrogen (secondary N) is 2. The number of H-pyrrole nitrogens is 1. The minimum absolute atomic E-state index is 0.106. The lowest BCUT2D eigenvalue weighted by molar-refractivity contribution is 0.0892. The number of aromatic nitrogens is 1. The molecule has 16 heavy (non-hydrogen) atoms. The zero-order valence-corrected chi connectivity index (χ0v) is 10.6. The topological polar surface area (TPSA) is 65.1 Å². The maximum Gasteiger partial charge on any atom is 0.268 e. The van der Waals surface area contributed by atoms with Crippen LogP contribution in [0.3, 0.4) is 0 Å². The Balaban J connectivity index is 2.71. The van der Waals surface area contributed by atoms with E-state index in [4.69, 9.17) is 28.3 Å². The van der Waals surface area contributed by atoms with Gasteiger partial charge in [0, 0.05) is 0 Å². The molecule has 0 saturated heterocycles. The second-order valence-electron chi connectivity index (χ2n) is 3.85. The lowest BCUT2D eigenvalue weighted by Gasteiger charge is -2.19. The molecule has 90 valence electrons. The van der Waals surface area contributed by atoms with E-state index in [1.165, 1.54) is 6.07 Å². The van der Waals surface area contributed by atoms with Crippen LogP contribution in [0.15, 0.2) is 6.07 Å². The first-order chi connectivity index (χ1) is 7.45. The highest BCUT2D eigenvalue weighted by molar-refractivity contribution is 6.41. The molecule has 0 aliphatic carbocycles. The highest BCUT2D eigenvalue weighted by Gasteiger charge is 2.18. The smallest absolute Gasteiger partial charge is 0.268 e. The van der Waals surface area contributed by atoms with Crippen molar-refractivity contribution >= 4 is 29.1 Å². The van der Waals surface area contributed by atoms with Gasteiger partial charge >= 0.3 is 0 Å². The van der Waals surface area contributed by atoms with E-state index in [-0.39, 0.29) is 35.3 Å². The molecule has 4 nitrogen and oxygen atoms in total. The molecule has 0 radical (unpaired) electrons. The third-order valence-corrected chi connectivity index (χ3v) is 2.98. The average molecular weight is 265 g/mol. The van der Waals surface area contributed by atoms with Crippen LogP contribution in [0.2, 0.25) is 10.2 Å². The minimum Gasteiger partial charge on any atom is -0.394 e. The summed E-state index contributed by atoms with van der Waals surface area (Å²) in [5.74, 6) is -0.184. The summed E-state index contributed by atoms with van der Waals surface area (Å²) in [6, 6.07) is 1.17. The largest absolute Gasteiger partial charge is 0.394 e. The van der Waals surface area contributed by atoms with Gasteiger partial charge in [-0.1, -0.05) is 37.0 Å². The molecule has 1 amide bonds. The third kappa shape index (κ3) is 3.14. The van der Waals surface area contributed by atoms with E-state index < -0.39 is 0 Å². The standard InChI is InChI=1S/C10H14Cl2N2O2/c1-5(2)8(4-15)14-10(16)7-3-6(11)9(12)13-7/h3,5,8,13,15H,4H2,1-2H3,(H,14,16)/t8-/m1/s1. The van der Waals surface area contributed by atoms with Gasteiger partial charge in [-0.2, -0.15) is 0 Å². The van der Waals surface area contributed by atoms with Gasteiger partial charge in [0.25, 0.3) is 5.91 Å². The number of aliphatic hydroxyl groups excluding tert-OH is 1. The van der Waals surface area contributed by atoms with E-state index in [9.17, 15) is 4.79 Å². The fourth-order valence-electron chi connectivity index (χ4n) is 1.20. The van der Waals surface area contributed by atoms with Gasteiger partial charge in [-0.3, -0.25) is 4.79 Å². The Hall–Kier alpha value is -0.710. The van der Waals surface area contributed by atoms with Crippen LogP contribution in [0, 0.1) is 5.92 Å². The Morgan fingerprint density at radius 2 is 2.19 bits per heavy atom. The van der Waals surface area contributed by atoms with Crippen molar-refractivity contribution < 1.29 is 9.90 Å². The van der Waals surface area contributed by atoms with Crippen molar-refractivity contribution in [3.8, 4) is 0 Å². The van der Waals surface area contributed by atoms with Crippen LogP contribution in [0.25, 0.3) is 0 Å². The number of aliphatic hydroxyl groups is 1. The zero-order chi connectivity index (χ0) is 12.3. The fourth-order valence-corrected chi connectivity index (χ4v) is 1.51. The molecule has 0 aliphatic rings. The molecule has 1 heterocycles. The monoisotopic (exact) mass is 264 g/mol. The highest BCUT2D eigenvalue weighted by Crippen LogP contribution is 2.21. The molecule has 6 heteroatoms. The van der Waals surface area contributed by atoms with Gasteiger partial charge in [-0.05, 0) is 12.0 Å². The molecule has 0 fully saturated rings. The van der Waals surface area contributed by atoms with Gasteiger partial charge in [-0.25, -0.2) is 0 Å². The molecular weight excluding hydrogens is 251 g/mol. The number of aromatic amines is 1. The van der Waals surface area contributed by atoms with Gasteiger partial charge in [0.1, 0.15) is 10.8 Å². The molecule has 3 N–H and O–H groups in total. The Kier molecular flexibility index (Phi) is 4.65. The Morgan fingerprint density at radius 3 is 2.56 bits per heavy atom. The van der Waals surface area contributed by atoms with Crippen molar-refractivity contribution in [3.05, 3.63) is 21.9 Å². The number of carbonyl (C=O) groups excluding carboxylic acids is 1. The van der Waals surface area contributed by atoms with Crippen LogP contribution < -0.4 is 5.32 Å². The molecule has 1 rings (SSSR count). The minimum atomic E-state index is -0.332. The number of carbonyl (C=O) groups is 1. The van der Waals surface area contributed by atoms with Gasteiger partial charge < -0.3 is 15.4 Å². The van der Waals surface area contributed by atoms with Crippen LogP contribution in [-0.4, -0.2) is 28.6 Å². The first kappa shape index (κ1) is 13.4. The van der Waals surface area contributed by atoms with Crippen molar-refractivity contribution in [2.75, 3.05) is 6.61 Å².